The zero-order valence-electron chi connectivity index (χ0n) is 11.1. The molecule has 0 aliphatic heterocycles. The zero-order valence-corrected chi connectivity index (χ0v) is 11.1. The van der Waals surface area contributed by atoms with Crippen LogP contribution in [0.25, 0.3) is 0 Å². The average Bonchev–Trinajstić information content (AvgIpc) is 2.21. The maximum absolute atomic E-state index is 12.2. The Morgan fingerprint density at radius 1 is 1.32 bits per heavy atom. The van der Waals surface area contributed by atoms with Gasteiger partial charge in [-0.15, -0.1) is 0 Å². The third kappa shape index (κ3) is 10.3. The monoisotopic (exact) mass is 280 g/mol. The Morgan fingerprint density at radius 3 is 2.32 bits per heavy atom. The third-order valence-electron chi connectivity index (χ3n) is 2.59. The van der Waals surface area contributed by atoms with Crippen LogP contribution >= 0.6 is 0 Å². The largest absolute Gasteiger partial charge is 0.480 e. The molecule has 0 aromatic carbocycles. The van der Waals surface area contributed by atoms with Gasteiger partial charge in [-0.25, -0.2) is 0 Å². The second kappa shape index (κ2) is 7.34. The summed E-state index contributed by atoms with van der Waals surface area (Å²) in [6, 6.07) is 2.11. The molecule has 0 aromatic heterocycles. The number of unbranched alkanes of at least 4 members (excludes halogenated alkanes) is 1. The molecule has 0 bridgehead atoms. The highest BCUT2D eigenvalue weighted by Crippen LogP contribution is 2.22. The molecule has 0 heterocycles. The van der Waals surface area contributed by atoms with Crippen molar-refractivity contribution in [2.75, 3.05) is 19.6 Å². The second-order valence-corrected chi connectivity index (χ2v) is 5.17. The fourth-order valence-electron chi connectivity index (χ4n) is 1.62. The Morgan fingerprint density at radius 2 is 1.89 bits per heavy atom. The fraction of sp³-hybridized carbons (Fsp3) is 0.833. The lowest BCUT2D eigenvalue weighted by Crippen LogP contribution is -2.38. The van der Waals surface area contributed by atoms with Gasteiger partial charge in [-0.2, -0.15) is 18.4 Å². The summed E-state index contributed by atoms with van der Waals surface area (Å²) in [5.41, 5.74) is -0.498. The number of halogens is 3. The first kappa shape index (κ1) is 17.7. The van der Waals surface area contributed by atoms with E-state index in [1.165, 1.54) is 0 Å². The van der Waals surface area contributed by atoms with Gasteiger partial charge >= 0.3 is 12.1 Å². The van der Waals surface area contributed by atoms with E-state index in [-0.39, 0.29) is 6.54 Å². The molecular formula is C12H19F3N2O2. The summed E-state index contributed by atoms with van der Waals surface area (Å²) in [6.07, 6.45) is -2.79. The van der Waals surface area contributed by atoms with Gasteiger partial charge in [0.15, 0.2) is 0 Å². The SMILES string of the molecule is CC(C)(C#N)CCCCN(CC(=O)O)CC(F)(F)F. The smallest absolute Gasteiger partial charge is 0.401 e. The minimum Gasteiger partial charge on any atom is -0.480 e. The minimum absolute atomic E-state index is 0.0628. The molecule has 0 spiro atoms. The fourth-order valence-corrected chi connectivity index (χ4v) is 1.62. The number of hydrogen-bond donors (Lipinski definition) is 1. The number of alkyl halides is 3. The molecule has 0 aromatic rings. The van der Waals surface area contributed by atoms with Crippen molar-refractivity contribution in [2.24, 2.45) is 5.41 Å². The van der Waals surface area contributed by atoms with Crippen molar-refractivity contribution in [1.29, 1.82) is 5.26 Å². The zero-order chi connectivity index (χ0) is 15.1. The van der Waals surface area contributed by atoms with Gasteiger partial charge in [-0.3, -0.25) is 9.69 Å². The van der Waals surface area contributed by atoms with Crippen molar-refractivity contribution in [3.63, 3.8) is 0 Å². The molecule has 0 saturated heterocycles. The standard InChI is InChI=1S/C12H19F3N2O2/c1-11(2,8-16)5-3-4-6-17(7-10(18)19)9-12(13,14)15/h3-7,9H2,1-2H3,(H,18,19). The summed E-state index contributed by atoms with van der Waals surface area (Å²) in [5.74, 6) is -1.28. The highest BCUT2D eigenvalue weighted by molar-refractivity contribution is 5.69. The van der Waals surface area contributed by atoms with Gasteiger partial charge < -0.3 is 5.11 Å². The minimum atomic E-state index is -4.40. The maximum atomic E-state index is 12.2. The lowest BCUT2D eigenvalue weighted by atomic mass is 9.89. The number of hydrogen-bond acceptors (Lipinski definition) is 3. The highest BCUT2D eigenvalue weighted by atomic mass is 19.4. The second-order valence-electron chi connectivity index (χ2n) is 5.17. The first-order valence-electron chi connectivity index (χ1n) is 5.98. The van der Waals surface area contributed by atoms with Crippen molar-refractivity contribution in [2.45, 2.75) is 39.3 Å². The molecule has 0 amide bonds. The Hall–Kier alpha value is -1.29. The van der Waals surface area contributed by atoms with E-state index in [1.54, 1.807) is 13.8 Å². The molecule has 0 rings (SSSR count). The molecule has 19 heavy (non-hydrogen) atoms. The molecule has 0 saturated carbocycles. The predicted octanol–water partition coefficient (Wildman–Crippen LogP) is 2.66. The third-order valence-corrected chi connectivity index (χ3v) is 2.59. The van der Waals surface area contributed by atoms with E-state index in [2.05, 4.69) is 6.07 Å². The topological polar surface area (TPSA) is 64.3 Å². The van der Waals surface area contributed by atoms with E-state index < -0.39 is 30.7 Å². The molecule has 0 aliphatic rings. The number of rotatable bonds is 8. The van der Waals surface area contributed by atoms with Crippen molar-refractivity contribution < 1.29 is 23.1 Å². The average molecular weight is 280 g/mol. The van der Waals surface area contributed by atoms with Crippen LogP contribution in [0.3, 0.4) is 0 Å². The number of carboxylic acid groups (broad SMARTS) is 1. The number of aliphatic carboxylic acids is 1. The summed E-state index contributed by atoms with van der Waals surface area (Å²) >= 11 is 0. The predicted molar refractivity (Wildman–Crippen MR) is 63.4 cm³/mol. The van der Waals surface area contributed by atoms with Crippen LogP contribution in [0.5, 0.6) is 0 Å². The number of nitrogens with zero attached hydrogens (tertiary/aromatic N) is 2. The van der Waals surface area contributed by atoms with E-state index in [0.29, 0.717) is 19.3 Å². The number of carbonyl (C=O) groups is 1. The summed E-state index contributed by atoms with van der Waals surface area (Å²) in [7, 11) is 0. The van der Waals surface area contributed by atoms with Crippen LogP contribution in [0.4, 0.5) is 13.2 Å². The van der Waals surface area contributed by atoms with Gasteiger partial charge in [-0.1, -0.05) is 6.42 Å². The Balaban J connectivity index is 4.14. The molecule has 7 heteroatoms. The molecular weight excluding hydrogens is 261 g/mol. The van der Waals surface area contributed by atoms with Crippen LogP contribution in [-0.2, 0) is 4.79 Å². The molecule has 0 radical (unpaired) electrons. The Labute approximate surface area is 110 Å². The first-order valence-corrected chi connectivity index (χ1v) is 5.98. The van der Waals surface area contributed by atoms with E-state index in [9.17, 15) is 18.0 Å². The van der Waals surface area contributed by atoms with Gasteiger partial charge in [0, 0.05) is 0 Å². The van der Waals surface area contributed by atoms with Gasteiger partial charge in [0.1, 0.15) is 0 Å². The number of nitriles is 1. The number of carboxylic acids is 1. The summed E-state index contributed by atoms with van der Waals surface area (Å²) in [4.78, 5) is 11.3. The molecule has 0 atom stereocenters. The summed E-state index contributed by atoms with van der Waals surface area (Å²) < 4.78 is 36.7. The highest BCUT2D eigenvalue weighted by Gasteiger charge is 2.31. The normalized spacial score (nSPS) is 12.5. The lowest BCUT2D eigenvalue weighted by molar-refractivity contribution is -0.154. The van der Waals surface area contributed by atoms with Crippen LogP contribution in [0.1, 0.15) is 33.1 Å². The van der Waals surface area contributed by atoms with E-state index >= 15 is 0 Å². The van der Waals surface area contributed by atoms with Crippen molar-refractivity contribution in [3.05, 3.63) is 0 Å². The van der Waals surface area contributed by atoms with Crippen molar-refractivity contribution in [3.8, 4) is 6.07 Å². The first-order chi connectivity index (χ1) is 8.56. The van der Waals surface area contributed by atoms with Gasteiger partial charge in [-0.05, 0) is 33.2 Å². The van der Waals surface area contributed by atoms with Crippen molar-refractivity contribution >= 4 is 5.97 Å². The Bertz CT molecular complexity index is 335. The molecule has 0 unspecified atom stereocenters. The lowest BCUT2D eigenvalue weighted by Gasteiger charge is -2.22. The molecule has 0 fully saturated rings. The Kier molecular flexibility index (Phi) is 6.84. The quantitative estimate of drug-likeness (QED) is 0.694. The van der Waals surface area contributed by atoms with Crippen LogP contribution in [0.15, 0.2) is 0 Å². The van der Waals surface area contributed by atoms with Gasteiger partial charge in [0.25, 0.3) is 0 Å². The van der Waals surface area contributed by atoms with Gasteiger partial charge in [0.05, 0.1) is 24.6 Å². The van der Waals surface area contributed by atoms with Crippen molar-refractivity contribution in [1.82, 2.24) is 4.90 Å². The van der Waals surface area contributed by atoms with Crippen LogP contribution in [0, 0.1) is 16.7 Å². The molecule has 4 nitrogen and oxygen atoms in total. The van der Waals surface area contributed by atoms with E-state index in [0.717, 1.165) is 4.90 Å². The van der Waals surface area contributed by atoms with Gasteiger partial charge in [0.2, 0.25) is 0 Å². The summed E-state index contributed by atoms with van der Waals surface area (Å²) in [5, 5.41) is 17.3. The molecule has 0 aliphatic carbocycles. The van der Waals surface area contributed by atoms with Crippen LogP contribution in [0.2, 0.25) is 0 Å². The van der Waals surface area contributed by atoms with E-state index in [1.807, 2.05) is 0 Å². The maximum Gasteiger partial charge on any atom is 0.401 e. The molecule has 1 N–H and O–H groups in total. The summed E-state index contributed by atoms with van der Waals surface area (Å²) in [6.45, 7) is 1.74. The molecule has 110 valence electrons. The van der Waals surface area contributed by atoms with Crippen LogP contribution < -0.4 is 0 Å². The van der Waals surface area contributed by atoms with E-state index in [4.69, 9.17) is 10.4 Å². The van der Waals surface area contributed by atoms with Crippen LogP contribution in [-0.4, -0.2) is 41.8 Å².